The van der Waals surface area contributed by atoms with Gasteiger partial charge in [-0.05, 0) is 19.8 Å². The van der Waals surface area contributed by atoms with Gasteiger partial charge in [0.25, 0.3) is 0 Å². The van der Waals surface area contributed by atoms with Crippen molar-refractivity contribution in [1.82, 2.24) is 0 Å². The minimum atomic E-state index is -0.170. The molecule has 1 fully saturated rings. The summed E-state index contributed by atoms with van der Waals surface area (Å²) in [5.41, 5.74) is 0. The maximum Gasteiger partial charge on any atom is 0.302 e. The van der Waals surface area contributed by atoms with Crippen LogP contribution in [0.25, 0.3) is 0 Å². The smallest absolute Gasteiger partial charge is 0.302 e. The summed E-state index contributed by atoms with van der Waals surface area (Å²) < 4.78 is 5.26. The molecule has 4 heteroatoms. The van der Waals surface area contributed by atoms with Gasteiger partial charge in [0.2, 0.25) is 0 Å². The Hall–Kier alpha value is 0.170. The summed E-state index contributed by atoms with van der Waals surface area (Å²) >= 11 is 4.05. The number of carbonyl (C=O) groups is 1. The number of hydrogen-bond donors (Lipinski definition) is 0. The summed E-state index contributed by atoms with van der Waals surface area (Å²) in [7, 11) is 0. The standard InChI is InChI=1S/C9H16O2S2/c1-8(10)11-5-3-4-9(2)12-6-7-13-9/h3-7H2,1-2H3. The maximum atomic E-state index is 10.5. The van der Waals surface area contributed by atoms with Crippen molar-refractivity contribution in [2.24, 2.45) is 0 Å². The molecular formula is C9H16O2S2. The van der Waals surface area contributed by atoms with E-state index in [2.05, 4.69) is 6.92 Å². The largest absolute Gasteiger partial charge is 0.466 e. The number of rotatable bonds is 4. The second-order valence-electron chi connectivity index (χ2n) is 3.27. The van der Waals surface area contributed by atoms with E-state index in [9.17, 15) is 4.79 Å². The summed E-state index contributed by atoms with van der Waals surface area (Å²) in [6.45, 7) is 4.32. The minimum Gasteiger partial charge on any atom is -0.466 e. The first-order valence-electron chi connectivity index (χ1n) is 4.54. The number of carbonyl (C=O) groups excluding carboxylic acids is 1. The van der Waals surface area contributed by atoms with Crippen LogP contribution in [0.5, 0.6) is 0 Å². The molecule has 2 nitrogen and oxygen atoms in total. The van der Waals surface area contributed by atoms with Crippen LogP contribution in [-0.4, -0.2) is 28.2 Å². The van der Waals surface area contributed by atoms with Crippen LogP contribution in [0.1, 0.15) is 26.7 Å². The van der Waals surface area contributed by atoms with Gasteiger partial charge in [-0.15, -0.1) is 23.5 Å². The molecule has 0 atom stereocenters. The van der Waals surface area contributed by atoms with E-state index < -0.39 is 0 Å². The Morgan fingerprint density at radius 3 is 2.62 bits per heavy atom. The van der Waals surface area contributed by atoms with Crippen molar-refractivity contribution in [3.05, 3.63) is 0 Å². The predicted molar refractivity (Wildman–Crippen MR) is 59.2 cm³/mol. The van der Waals surface area contributed by atoms with Crippen molar-refractivity contribution in [2.75, 3.05) is 18.1 Å². The van der Waals surface area contributed by atoms with E-state index in [1.807, 2.05) is 23.5 Å². The highest BCUT2D eigenvalue weighted by Gasteiger charge is 2.29. The molecule has 1 aliphatic rings. The highest BCUT2D eigenvalue weighted by atomic mass is 32.2. The van der Waals surface area contributed by atoms with Crippen LogP contribution in [0.3, 0.4) is 0 Å². The fourth-order valence-electron chi connectivity index (χ4n) is 1.31. The lowest BCUT2D eigenvalue weighted by Gasteiger charge is -2.20. The number of esters is 1. The van der Waals surface area contributed by atoms with Crippen molar-refractivity contribution >= 4 is 29.5 Å². The Morgan fingerprint density at radius 1 is 1.46 bits per heavy atom. The first-order valence-corrected chi connectivity index (χ1v) is 6.51. The first-order chi connectivity index (χ1) is 6.12. The molecule has 0 bridgehead atoms. The molecule has 76 valence electrons. The molecule has 0 saturated carbocycles. The van der Waals surface area contributed by atoms with Crippen LogP contribution in [0, 0.1) is 0 Å². The van der Waals surface area contributed by atoms with Crippen LogP contribution >= 0.6 is 23.5 Å². The highest BCUT2D eigenvalue weighted by molar-refractivity contribution is 8.21. The molecule has 0 spiro atoms. The normalized spacial score (nSPS) is 20.2. The summed E-state index contributed by atoms with van der Waals surface area (Å²) in [6.07, 6.45) is 2.12. The van der Waals surface area contributed by atoms with E-state index in [0.717, 1.165) is 12.8 Å². The van der Waals surface area contributed by atoms with E-state index in [1.54, 1.807) is 0 Å². The van der Waals surface area contributed by atoms with Gasteiger partial charge in [-0.3, -0.25) is 4.79 Å². The van der Waals surface area contributed by atoms with Gasteiger partial charge in [0.1, 0.15) is 0 Å². The van der Waals surface area contributed by atoms with Gasteiger partial charge in [-0.2, -0.15) is 0 Å². The molecule has 0 radical (unpaired) electrons. The van der Waals surface area contributed by atoms with Crippen molar-refractivity contribution in [3.63, 3.8) is 0 Å². The third kappa shape index (κ3) is 4.27. The number of ether oxygens (including phenoxy) is 1. The monoisotopic (exact) mass is 220 g/mol. The zero-order valence-electron chi connectivity index (χ0n) is 8.17. The van der Waals surface area contributed by atoms with Crippen LogP contribution in [0.4, 0.5) is 0 Å². The van der Waals surface area contributed by atoms with E-state index in [1.165, 1.54) is 18.4 Å². The lowest BCUT2D eigenvalue weighted by atomic mass is 10.2. The van der Waals surface area contributed by atoms with Crippen molar-refractivity contribution < 1.29 is 9.53 Å². The summed E-state index contributed by atoms with van der Waals surface area (Å²) in [4.78, 5) is 10.5. The molecule has 1 rings (SSSR count). The van der Waals surface area contributed by atoms with Gasteiger partial charge in [-0.25, -0.2) is 0 Å². The average Bonchev–Trinajstić information content (AvgIpc) is 2.47. The third-order valence-electron chi connectivity index (χ3n) is 1.98. The summed E-state index contributed by atoms with van der Waals surface area (Å²) in [5.74, 6) is 2.35. The molecule has 1 saturated heterocycles. The lowest BCUT2D eigenvalue weighted by molar-refractivity contribution is -0.141. The topological polar surface area (TPSA) is 26.3 Å². The van der Waals surface area contributed by atoms with Crippen LogP contribution in [-0.2, 0) is 9.53 Å². The van der Waals surface area contributed by atoms with Crippen molar-refractivity contribution in [2.45, 2.75) is 30.8 Å². The van der Waals surface area contributed by atoms with Gasteiger partial charge in [0.05, 0.1) is 10.7 Å². The molecule has 1 aliphatic heterocycles. The number of thioether (sulfide) groups is 2. The molecule has 0 aliphatic carbocycles. The van der Waals surface area contributed by atoms with Crippen LogP contribution in [0.15, 0.2) is 0 Å². The van der Waals surface area contributed by atoms with Gasteiger partial charge in [0, 0.05) is 18.4 Å². The fraction of sp³-hybridized carbons (Fsp3) is 0.889. The molecule has 1 heterocycles. The van der Waals surface area contributed by atoms with Crippen molar-refractivity contribution in [1.29, 1.82) is 0 Å². The number of hydrogen-bond acceptors (Lipinski definition) is 4. The Balaban J connectivity index is 2.07. The SMILES string of the molecule is CC(=O)OCCCC1(C)SCCS1. The summed E-state index contributed by atoms with van der Waals surface area (Å²) in [5, 5.41) is 0. The van der Waals surface area contributed by atoms with E-state index >= 15 is 0 Å². The van der Waals surface area contributed by atoms with Crippen LogP contribution < -0.4 is 0 Å². The first kappa shape index (κ1) is 11.2. The second kappa shape index (κ2) is 5.15. The quantitative estimate of drug-likeness (QED) is 0.537. The predicted octanol–water partition coefficient (Wildman–Crippen LogP) is 2.53. The summed E-state index contributed by atoms with van der Waals surface area (Å²) in [6, 6.07) is 0. The fourth-order valence-corrected chi connectivity index (χ4v) is 4.25. The zero-order chi connectivity index (χ0) is 9.73. The molecular weight excluding hydrogens is 204 g/mol. The van der Waals surface area contributed by atoms with Gasteiger partial charge in [0.15, 0.2) is 0 Å². The van der Waals surface area contributed by atoms with E-state index in [0.29, 0.717) is 10.7 Å². The third-order valence-corrected chi connectivity index (χ3v) is 5.39. The second-order valence-corrected chi connectivity index (χ2v) is 6.73. The molecule has 0 aromatic heterocycles. The Kier molecular flexibility index (Phi) is 4.46. The molecule has 0 aromatic carbocycles. The Bertz CT molecular complexity index is 176. The van der Waals surface area contributed by atoms with Gasteiger partial charge in [-0.1, -0.05) is 0 Å². The zero-order valence-corrected chi connectivity index (χ0v) is 9.80. The Morgan fingerprint density at radius 2 is 2.08 bits per heavy atom. The van der Waals surface area contributed by atoms with Gasteiger partial charge >= 0.3 is 5.97 Å². The van der Waals surface area contributed by atoms with E-state index in [4.69, 9.17) is 4.74 Å². The molecule has 0 unspecified atom stereocenters. The Labute approximate surface area is 88.2 Å². The van der Waals surface area contributed by atoms with Gasteiger partial charge < -0.3 is 4.74 Å². The van der Waals surface area contributed by atoms with Crippen molar-refractivity contribution in [3.8, 4) is 0 Å². The minimum absolute atomic E-state index is 0.170. The molecule has 0 N–H and O–H groups in total. The molecule has 0 amide bonds. The highest BCUT2D eigenvalue weighted by Crippen LogP contribution is 2.46. The van der Waals surface area contributed by atoms with E-state index in [-0.39, 0.29) is 5.97 Å². The molecule has 13 heavy (non-hydrogen) atoms. The maximum absolute atomic E-state index is 10.5. The van der Waals surface area contributed by atoms with Crippen LogP contribution in [0.2, 0.25) is 0 Å². The lowest BCUT2D eigenvalue weighted by Crippen LogP contribution is -2.12. The molecule has 0 aromatic rings. The average molecular weight is 220 g/mol.